The molecule has 0 unspecified atom stereocenters. The summed E-state index contributed by atoms with van der Waals surface area (Å²) in [4.78, 5) is 7.50. The summed E-state index contributed by atoms with van der Waals surface area (Å²) in [5.74, 6) is 1.70. The van der Waals surface area contributed by atoms with E-state index in [0.717, 1.165) is 28.6 Å². The fraction of sp³-hybridized carbons (Fsp3) is 0.250. The second kappa shape index (κ2) is 6.70. The van der Waals surface area contributed by atoms with Gasteiger partial charge in [-0.1, -0.05) is 18.2 Å². The number of ether oxygens (including phenoxy) is 3. The Labute approximate surface area is 146 Å². The van der Waals surface area contributed by atoms with Crippen LogP contribution in [0.5, 0.6) is 11.5 Å². The third-order valence-electron chi connectivity index (χ3n) is 4.21. The molecule has 0 atom stereocenters. The van der Waals surface area contributed by atoms with Gasteiger partial charge in [0.05, 0.1) is 13.2 Å². The zero-order valence-corrected chi connectivity index (χ0v) is 14.1. The maximum Gasteiger partial charge on any atom is 0.200 e. The monoisotopic (exact) mass is 336 g/mol. The molecule has 128 valence electrons. The molecule has 0 aliphatic carbocycles. The van der Waals surface area contributed by atoms with Crippen molar-refractivity contribution in [3.63, 3.8) is 0 Å². The van der Waals surface area contributed by atoms with Crippen LogP contribution in [0.3, 0.4) is 0 Å². The van der Waals surface area contributed by atoms with Gasteiger partial charge >= 0.3 is 0 Å². The van der Waals surface area contributed by atoms with Gasteiger partial charge in [-0.05, 0) is 43.3 Å². The summed E-state index contributed by atoms with van der Waals surface area (Å²) in [7, 11) is 0. The van der Waals surface area contributed by atoms with E-state index in [1.165, 1.54) is 0 Å². The molecule has 5 nitrogen and oxygen atoms in total. The highest BCUT2D eigenvalue weighted by molar-refractivity contribution is 5.35. The van der Waals surface area contributed by atoms with Crippen molar-refractivity contribution in [2.75, 3.05) is 13.2 Å². The van der Waals surface area contributed by atoms with Gasteiger partial charge in [-0.15, -0.1) is 0 Å². The number of aromatic nitrogens is 2. The lowest BCUT2D eigenvalue weighted by molar-refractivity contribution is -0.165. The molecule has 1 saturated heterocycles. The summed E-state index contributed by atoms with van der Waals surface area (Å²) in [6, 6.07) is 17.6. The van der Waals surface area contributed by atoms with Gasteiger partial charge in [-0.2, -0.15) is 0 Å². The van der Waals surface area contributed by atoms with Gasteiger partial charge in [-0.25, -0.2) is 4.98 Å². The lowest BCUT2D eigenvalue weighted by Crippen LogP contribution is -2.30. The first-order chi connectivity index (χ1) is 12.2. The van der Waals surface area contributed by atoms with Gasteiger partial charge in [0.2, 0.25) is 5.79 Å². The van der Waals surface area contributed by atoms with Gasteiger partial charge in [0.15, 0.2) is 0 Å². The number of hydrogen-bond acceptors (Lipinski definition) is 4. The second-order valence-corrected chi connectivity index (χ2v) is 6.06. The number of para-hydroxylation sites is 1. The zero-order chi connectivity index (χ0) is 17.1. The van der Waals surface area contributed by atoms with Crippen molar-refractivity contribution in [2.45, 2.75) is 19.1 Å². The molecular weight excluding hydrogens is 316 g/mol. The smallest absolute Gasteiger partial charge is 0.200 e. The van der Waals surface area contributed by atoms with E-state index in [-0.39, 0.29) is 0 Å². The van der Waals surface area contributed by atoms with Crippen LogP contribution < -0.4 is 4.74 Å². The molecule has 0 bridgehead atoms. The fourth-order valence-electron chi connectivity index (χ4n) is 3.04. The summed E-state index contributed by atoms with van der Waals surface area (Å²) in [5, 5.41) is 0. The molecule has 1 N–H and O–H groups in total. The quantitative estimate of drug-likeness (QED) is 0.766. The number of rotatable bonds is 5. The predicted octanol–water partition coefficient (Wildman–Crippen LogP) is 3.95. The van der Waals surface area contributed by atoms with Crippen LogP contribution in [0.1, 0.15) is 17.1 Å². The van der Waals surface area contributed by atoms with Crippen molar-refractivity contribution >= 4 is 0 Å². The van der Waals surface area contributed by atoms with Gasteiger partial charge in [0.1, 0.15) is 17.3 Å². The first-order valence-corrected chi connectivity index (χ1v) is 8.35. The molecule has 2 aromatic carbocycles. The molecule has 2 heterocycles. The normalized spacial score (nSPS) is 16.0. The van der Waals surface area contributed by atoms with E-state index in [0.29, 0.717) is 19.6 Å². The van der Waals surface area contributed by atoms with E-state index < -0.39 is 5.79 Å². The Morgan fingerprint density at radius 1 is 1.00 bits per heavy atom. The average molecular weight is 336 g/mol. The third kappa shape index (κ3) is 3.43. The molecule has 1 aromatic heterocycles. The zero-order valence-electron chi connectivity index (χ0n) is 14.1. The first-order valence-electron chi connectivity index (χ1n) is 8.35. The van der Waals surface area contributed by atoms with Crippen LogP contribution in [0, 0.1) is 6.92 Å². The molecule has 0 amide bonds. The van der Waals surface area contributed by atoms with E-state index in [9.17, 15) is 0 Å². The van der Waals surface area contributed by atoms with Gasteiger partial charge in [0.25, 0.3) is 0 Å². The molecule has 0 saturated carbocycles. The third-order valence-corrected chi connectivity index (χ3v) is 4.21. The minimum atomic E-state index is -0.774. The van der Waals surface area contributed by atoms with Crippen LogP contribution in [-0.4, -0.2) is 23.2 Å². The molecule has 3 aromatic rings. The standard InChI is InChI=1S/C20H20N2O3/c1-15-21-14-17(22-15)13-20(23-11-12-24-20)16-7-9-19(10-8-16)25-18-5-3-2-4-6-18/h2-10,14H,11-13H2,1H3,(H,21,22). The van der Waals surface area contributed by atoms with Gasteiger partial charge in [0, 0.05) is 23.9 Å². The number of H-pyrrole nitrogens is 1. The lowest BCUT2D eigenvalue weighted by atomic mass is 10.0. The van der Waals surface area contributed by atoms with Gasteiger partial charge in [-0.3, -0.25) is 0 Å². The molecule has 1 fully saturated rings. The maximum atomic E-state index is 5.99. The van der Waals surface area contributed by atoms with Crippen molar-refractivity contribution < 1.29 is 14.2 Å². The number of imidazole rings is 1. The van der Waals surface area contributed by atoms with Crippen molar-refractivity contribution in [2.24, 2.45) is 0 Å². The molecule has 25 heavy (non-hydrogen) atoms. The molecule has 4 rings (SSSR count). The molecular formula is C20H20N2O3. The minimum absolute atomic E-state index is 0.579. The Morgan fingerprint density at radius 2 is 1.68 bits per heavy atom. The summed E-state index contributed by atoms with van der Waals surface area (Å²) in [6.07, 6.45) is 2.42. The van der Waals surface area contributed by atoms with Crippen LogP contribution in [0.4, 0.5) is 0 Å². The number of benzene rings is 2. The maximum absolute atomic E-state index is 5.99. The van der Waals surface area contributed by atoms with Crippen molar-refractivity contribution in [1.29, 1.82) is 0 Å². The number of nitrogens with zero attached hydrogens (tertiary/aromatic N) is 1. The summed E-state index contributed by atoms with van der Waals surface area (Å²) < 4.78 is 17.8. The molecule has 0 spiro atoms. The highest BCUT2D eigenvalue weighted by Gasteiger charge is 2.39. The number of aryl methyl sites for hydroxylation is 1. The van der Waals surface area contributed by atoms with Crippen LogP contribution >= 0.6 is 0 Å². The van der Waals surface area contributed by atoms with Crippen molar-refractivity contribution in [1.82, 2.24) is 9.97 Å². The fourth-order valence-corrected chi connectivity index (χ4v) is 3.04. The van der Waals surface area contributed by atoms with Crippen molar-refractivity contribution in [3.05, 3.63) is 77.9 Å². The number of hydrogen-bond donors (Lipinski definition) is 1. The van der Waals surface area contributed by atoms with Crippen LogP contribution in [-0.2, 0) is 21.7 Å². The van der Waals surface area contributed by atoms with Crippen LogP contribution in [0.2, 0.25) is 0 Å². The highest BCUT2D eigenvalue weighted by Crippen LogP contribution is 2.36. The Balaban J connectivity index is 1.56. The van der Waals surface area contributed by atoms with Crippen molar-refractivity contribution in [3.8, 4) is 11.5 Å². The van der Waals surface area contributed by atoms with Crippen LogP contribution in [0.15, 0.2) is 60.8 Å². The summed E-state index contributed by atoms with van der Waals surface area (Å²) in [6.45, 7) is 3.09. The Hall–Kier alpha value is -2.63. The topological polar surface area (TPSA) is 56.4 Å². The Morgan fingerprint density at radius 3 is 2.32 bits per heavy atom. The van der Waals surface area contributed by atoms with E-state index in [2.05, 4.69) is 9.97 Å². The average Bonchev–Trinajstić information content (AvgIpc) is 3.27. The Kier molecular flexibility index (Phi) is 4.26. The summed E-state index contributed by atoms with van der Waals surface area (Å²) in [5.41, 5.74) is 1.96. The largest absolute Gasteiger partial charge is 0.457 e. The first kappa shape index (κ1) is 15.9. The highest BCUT2D eigenvalue weighted by atomic mass is 16.7. The minimum Gasteiger partial charge on any atom is -0.457 e. The molecule has 0 radical (unpaired) electrons. The second-order valence-electron chi connectivity index (χ2n) is 6.06. The van der Waals surface area contributed by atoms with E-state index in [4.69, 9.17) is 14.2 Å². The van der Waals surface area contributed by atoms with E-state index in [1.54, 1.807) is 0 Å². The molecule has 1 aliphatic heterocycles. The van der Waals surface area contributed by atoms with E-state index in [1.807, 2.05) is 67.7 Å². The van der Waals surface area contributed by atoms with E-state index >= 15 is 0 Å². The van der Waals surface area contributed by atoms with Crippen LogP contribution in [0.25, 0.3) is 0 Å². The number of aromatic amines is 1. The molecule has 1 aliphatic rings. The Bertz CT molecular complexity index is 822. The lowest BCUT2D eigenvalue weighted by Gasteiger charge is -2.27. The molecule has 5 heteroatoms. The predicted molar refractivity (Wildman–Crippen MR) is 93.6 cm³/mol. The summed E-state index contributed by atoms with van der Waals surface area (Å²) >= 11 is 0. The number of nitrogens with one attached hydrogen (secondary N) is 1. The SMILES string of the molecule is Cc1ncc(CC2(c3ccc(Oc4ccccc4)cc3)OCCO2)[nH]1. The van der Waals surface area contributed by atoms with Gasteiger partial charge < -0.3 is 19.2 Å².